The normalized spacial score (nSPS) is 25.9. The number of fused-ring (bicyclic) bond motifs is 1. The molecular formula is C15H20N2O3S. The fourth-order valence-electron chi connectivity index (χ4n) is 3.24. The summed E-state index contributed by atoms with van der Waals surface area (Å²) in [4.78, 5) is 29.0. The monoisotopic (exact) mass is 308 g/mol. The Morgan fingerprint density at radius 1 is 1.43 bits per heavy atom. The molecule has 1 amide bonds. The van der Waals surface area contributed by atoms with Crippen LogP contribution >= 0.6 is 11.3 Å². The average Bonchev–Trinajstić information content (AvgIpc) is 3.06. The van der Waals surface area contributed by atoms with Crippen molar-refractivity contribution in [1.29, 1.82) is 0 Å². The molecule has 2 aliphatic rings. The number of amides is 1. The molecule has 1 unspecified atom stereocenters. The van der Waals surface area contributed by atoms with Crippen LogP contribution < -0.4 is 0 Å². The van der Waals surface area contributed by atoms with E-state index in [4.69, 9.17) is 0 Å². The van der Waals surface area contributed by atoms with Crippen molar-refractivity contribution in [3.63, 3.8) is 0 Å². The molecule has 0 bridgehead atoms. The Hall–Kier alpha value is -1.40. The molecule has 0 saturated carbocycles. The van der Waals surface area contributed by atoms with Gasteiger partial charge in [0, 0.05) is 18.0 Å². The van der Waals surface area contributed by atoms with E-state index in [1.165, 1.54) is 10.4 Å². The smallest absolute Gasteiger partial charge is 0.323 e. The van der Waals surface area contributed by atoms with E-state index in [-0.39, 0.29) is 12.5 Å². The van der Waals surface area contributed by atoms with E-state index >= 15 is 0 Å². The first-order valence-electron chi connectivity index (χ1n) is 7.32. The minimum Gasteiger partial charge on any atom is -0.480 e. The number of thiophene rings is 1. The van der Waals surface area contributed by atoms with Crippen molar-refractivity contribution in [1.82, 2.24) is 9.80 Å². The summed E-state index contributed by atoms with van der Waals surface area (Å²) in [6.45, 7) is 4.02. The zero-order valence-electron chi connectivity index (χ0n) is 12.2. The van der Waals surface area contributed by atoms with Crippen molar-refractivity contribution in [2.24, 2.45) is 0 Å². The molecule has 1 fully saturated rings. The number of aliphatic carboxylic acids is 1. The van der Waals surface area contributed by atoms with E-state index in [1.54, 1.807) is 18.3 Å². The molecule has 0 spiro atoms. The first-order valence-corrected chi connectivity index (χ1v) is 8.20. The quantitative estimate of drug-likeness (QED) is 0.921. The second kappa shape index (κ2) is 5.42. The van der Waals surface area contributed by atoms with Crippen LogP contribution in [0.15, 0.2) is 11.4 Å². The molecule has 1 N–H and O–H groups in total. The fraction of sp³-hybridized carbons (Fsp3) is 0.600. The van der Waals surface area contributed by atoms with Gasteiger partial charge in [0.25, 0.3) is 0 Å². The van der Waals surface area contributed by atoms with Crippen LogP contribution in [0.5, 0.6) is 0 Å². The Bertz CT molecular complexity index is 571. The zero-order chi connectivity index (χ0) is 15.0. The molecule has 1 atom stereocenters. The number of hydrogen-bond acceptors (Lipinski definition) is 4. The minimum atomic E-state index is -0.890. The first kappa shape index (κ1) is 14.5. The summed E-state index contributed by atoms with van der Waals surface area (Å²) >= 11 is 1.75. The summed E-state index contributed by atoms with van der Waals surface area (Å²) in [7, 11) is 0. The molecule has 3 heterocycles. The number of likely N-dealkylation sites (tertiary alicyclic amines) is 1. The summed E-state index contributed by atoms with van der Waals surface area (Å²) < 4.78 is 0. The molecule has 2 aliphatic heterocycles. The first-order chi connectivity index (χ1) is 10.0. The lowest BCUT2D eigenvalue weighted by Crippen LogP contribution is -2.52. The van der Waals surface area contributed by atoms with Crippen molar-refractivity contribution < 1.29 is 14.7 Å². The van der Waals surface area contributed by atoms with Gasteiger partial charge >= 0.3 is 5.97 Å². The lowest BCUT2D eigenvalue weighted by atomic mass is 9.99. The van der Waals surface area contributed by atoms with Gasteiger partial charge in [-0.2, -0.15) is 0 Å². The molecule has 0 radical (unpaired) electrons. The van der Waals surface area contributed by atoms with Crippen LogP contribution in [0.4, 0.5) is 0 Å². The van der Waals surface area contributed by atoms with Crippen molar-refractivity contribution in [2.75, 3.05) is 19.6 Å². The van der Waals surface area contributed by atoms with E-state index in [0.717, 1.165) is 19.4 Å². The maximum Gasteiger partial charge on any atom is 0.323 e. The fourth-order valence-corrected chi connectivity index (χ4v) is 4.13. The van der Waals surface area contributed by atoms with Crippen molar-refractivity contribution >= 4 is 23.2 Å². The second-order valence-corrected chi connectivity index (χ2v) is 7.04. The van der Waals surface area contributed by atoms with Gasteiger partial charge in [0.05, 0.1) is 6.54 Å². The van der Waals surface area contributed by atoms with Gasteiger partial charge < -0.3 is 10.0 Å². The van der Waals surface area contributed by atoms with E-state index < -0.39 is 11.5 Å². The molecule has 1 aromatic heterocycles. The Morgan fingerprint density at radius 3 is 3.00 bits per heavy atom. The van der Waals surface area contributed by atoms with Crippen LogP contribution in [0, 0.1) is 0 Å². The standard InChI is InChI=1S/C15H20N2O3S/c1-15(14(19)20)5-2-6-17(15)10-13(18)16-7-3-12-11(9-16)4-8-21-12/h4,8H,2-3,5-7,9-10H2,1H3,(H,19,20). The van der Waals surface area contributed by atoms with Gasteiger partial charge in [-0.3, -0.25) is 14.5 Å². The van der Waals surface area contributed by atoms with Crippen LogP contribution in [-0.4, -0.2) is 52.0 Å². The maximum absolute atomic E-state index is 12.5. The maximum atomic E-state index is 12.5. The number of carboxylic acid groups (broad SMARTS) is 1. The van der Waals surface area contributed by atoms with Gasteiger partial charge in [-0.25, -0.2) is 0 Å². The predicted octanol–water partition coefficient (Wildman–Crippen LogP) is 1.57. The Balaban J connectivity index is 1.66. The van der Waals surface area contributed by atoms with Crippen LogP contribution in [-0.2, 0) is 22.6 Å². The minimum absolute atomic E-state index is 0.0428. The molecule has 114 valence electrons. The SMILES string of the molecule is CC1(C(=O)O)CCCN1CC(=O)N1CCc2sccc2C1. The highest BCUT2D eigenvalue weighted by molar-refractivity contribution is 7.10. The predicted molar refractivity (Wildman–Crippen MR) is 80.3 cm³/mol. The number of carbonyl (C=O) groups is 2. The largest absolute Gasteiger partial charge is 0.480 e. The summed E-state index contributed by atoms with van der Waals surface area (Å²) in [5.41, 5.74) is 0.348. The molecule has 1 saturated heterocycles. The number of carboxylic acids is 1. The Kier molecular flexibility index (Phi) is 3.75. The highest BCUT2D eigenvalue weighted by Gasteiger charge is 2.44. The van der Waals surface area contributed by atoms with Gasteiger partial charge in [-0.05, 0) is 49.7 Å². The van der Waals surface area contributed by atoms with Crippen LogP contribution in [0.25, 0.3) is 0 Å². The lowest BCUT2D eigenvalue weighted by Gasteiger charge is -2.34. The molecule has 0 aromatic carbocycles. The molecule has 6 heteroatoms. The molecule has 1 aromatic rings. The third kappa shape index (κ3) is 2.58. The molecular weight excluding hydrogens is 288 g/mol. The summed E-state index contributed by atoms with van der Waals surface area (Å²) in [6.07, 6.45) is 2.37. The Morgan fingerprint density at radius 2 is 2.24 bits per heavy atom. The van der Waals surface area contributed by atoms with E-state index in [9.17, 15) is 14.7 Å². The average molecular weight is 308 g/mol. The molecule has 3 rings (SSSR count). The van der Waals surface area contributed by atoms with Crippen molar-refractivity contribution in [3.8, 4) is 0 Å². The third-order valence-electron chi connectivity index (χ3n) is 4.74. The lowest BCUT2D eigenvalue weighted by molar-refractivity contribution is -0.150. The van der Waals surface area contributed by atoms with Gasteiger partial charge in [0.1, 0.15) is 5.54 Å². The van der Waals surface area contributed by atoms with E-state index in [1.807, 2.05) is 9.80 Å². The van der Waals surface area contributed by atoms with Gasteiger partial charge in [-0.15, -0.1) is 11.3 Å². The van der Waals surface area contributed by atoms with Crippen LogP contribution in [0.1, 0.15) is 30.2 Å². The molecule has 21 heavy (non-hydrogen) atoms. The van der Waals surface area contributed by atoms with Gasteiger partial charge in [-0.1, -0.05) is 0 Å². The number of carbonyl (C=O) groups excluding carboxylic acids is 1. The number of hydrogen-bond donors (Lipinski definition) is 1. The summed E-state index contributed by atoms with van der Waals surface area (Å²) in [5, 5.41) is 11.5. The zero-order valence-corrected chi connectivity index (χ0v) is 13.0. The summed E-state index contributed by atoms with van der Waals surface area (Å²) in [6, 6.07) is 2.08. The topological polar surface area (TPSA) is 60.9 Å². The van der Waals surface area contributed by atoms with Gasteiger partial charge in [0.2, 0.25) is 5.91 Å². The molecule has 5 nitrogen and oxygen atoms in total. The number of rotatable bonds is 3. The summed E-state index contributed by atoms with van der Waals surface area (Å²) in [5.74, 6) is -0.784. The highest BCUT2D eigenvalue weighted by Crippen LogP contribution is 2.30. The second-order valence-electron chi connectivity index (χ2n) is 6.04. The third-order valence-corrected chi connectivity index (χ3v) is 5.76. The Labute approximate surface area is 128 Å². The van der Waals surface area contributed by atoms with E-state index in [2.05, 4.69) is 11.4 Å². The molecule has 0 aliphatic carbocycles. The van der Waals surface area contributed by atoms with Crippen molar-refractivity contribution in [3.05, 3.63) is 21.9 Å². The highest BCUT2D eigenvalue weighted by atomic mass is 32.1. The van der Waals surface area contributed by atoms with Crippen molar-refractivity contribution in [2.45, 2.75) is 38.3 Å². The van der Waals surface area contributed by atoms with Crippen LogP contribution in [0.3, 0.4) is 0 Å². The van der Waals surface area contributed by atoms with Gasteiger partial charge in [0.15, 0.2) is 0 Å². The van der Waals surface area contributed by atoms with E-state index in [0.29, 0.717) is 19.5 Å². The number of nitrogens with zero attached hydrogens (tertiary/aromatic N) is 2. The van der Waals surface area contributed by atoms with Crippen LogP contribution in [0.2, 0.25) is 0 Å².